The minimum atomic E-state index is -1.52. The first kappa shape index (κ1) is 24.7. The van der Waals surface area contributed by atoms with Crippen molar-refractivity contribution in [1.82, 2.24) is 0 Å². The minimum absolute atomic E-state index is 0.116. The molecule has 180 valence electrons. The molecule has 1 heterocycles. The highest BCUT2D eigenvalue weighted by Crippen LogP contribution is 2.39. The molecule has 0 radical (unpaired) electrons. The second-order valence-corrected chi connectivity index (χ2v) is 7.33. The van der Waals surface area contributed by atoms with E-state index < -0.39 is 43.3 Å². The first-order valence-corrected chi connectivity index (χ1v) is 10.2. The van der Waals surface area contributed by atoms with Crippen molar-refractivity contribution in [3.05, 3.63) is 53.6 Å². The third-order valence-corrected chi connectivity index (χ3v) is 5.20. The number of carbonyl (C=O) groups is 1. The Morgan fingerprint density at radius 3 is 2.27 bits per heavy atom. The zero-order chi connectivity index (χ0) is 24.0. The van der Waals surface area contributed by atoms with Gasteiger partial charge in [0.15, 0.2) is 17.8 Å². The number of carbonyl (C=O) groups excluding carboxylic acids is 1. The molecular weight excluding hydrogens is 436 g/mol. The molecule has 0 saturated carbocycles. The van der Waals surface area contributed by atoms with Gasteiger partial charge in [-0.1, -0.05) is 30.3 Å². The van der Waals surface area contributed by atoms with E-state index >= 15 is 0 Å². The van der Waals surface area contributed by atoms with E-state index in [0.717, 1.165) is 5.56 Å². The van der Waals surface area contributed by atoms with Crippen LogP contribution >= 0.6 is 0 Å². The molecule has 3 rings (SSSR count). The lowest BCUT2D eigenvalue weighted by Gasteiger charge is -2.39. The van der Waals surface area contributed by atoms with E-state index in [1.165, 1.54) is 33.5 Å². The Morgan fingerprint density at radius 2 is 1.64 bits per heavy atom. The van der Waals surface area contributed by atoms with E-state index in [2.05, 4.69) is 0 Å². The zero-order valence-corrected chi connectivity index (χ0v) is 18.5. The van der Waals surface area contributed by atoms with Crippen LogP contribution in [0.1, 0.15) is 15.9 Å². The highest BCUT2D eigenvalue weighted by atomic mass is 16.7. The van der Waals surface area contributed by atoms with Gasteiger partial charge >= 0.3 is 5.97 Å². The van der Waals surface area contributed by atoms with Gasteiger partial charge in [-0.05, 0) is 17.7 Å². The van der Waals surface area contributed by atoms with Crippen molar-refractivity contribution >= 4 is 5.97 Å². The van der Waals surface area contributed by atoms with Crippen molar-refractivity contribution in [3.8, 4) is 17.2 Å². The normalized spacial score (nSPS) is 24.7. The molecule has 1 fully saturated rings. The van der Waals surface area contributed by atoms with E-state index in [1.807, 2.05) is 30.3 Å². The standard InChI is InChI=1S/C23H28O10/c1-28-15-9-14(10-16(21(15)29-2)31-11-13-7-5-4-6-8-13)22(27)32-12-17-18(24)19(25)20(26)23(30-3)33-17/h4-10,17-20,23-26H,11-12H2,1-3H3/t17-,18-,19+,20-,23-/m1/s1. The molecule has 0 aliphatic carbocycles. The molecule has 0 aromatic heterocycles. The number of hydrogen-bond acceptors (Lipinski definition) is 10. The predicted molar refractivity (Wildman–Crippen MR) is 114 cm³/mol. The number of ether oxygens (including phenoxy) is 6. The van der Waals surface area contributed by atoms with Crippen molar-refractivity contribution in [3.63, 3.8) is 0 Å². The number of methoxy groups -OCH3 is 3. The molecule has 1 aliphatic heterocycles. The molecule has 1 aliphatic rings. The summed E-state index contributed by atoms with van der Waals surface area (Å²) in [6.07, 6.45) is -6.72. The van der Waals surface area contributed by atoms with Crippen LogP contribution in [0.15, 0.2) is 42.5 Å². The zero-order valence-electron chi connectivity index (χ0n) is 18.5. The summed E-state index contributed by atoms with van der Waals surface area (Å²) in [5, 5.41) is 30.0. The third-order valence-electron chi connectivity index (χ3n) is 5.20. The molecule has 0 unspecified atom stereocenters. The SMILES string of the molecule is COc1cc(C(=O)OC[C@H]2O[C@@H](OC)[C@H](O)[C@@H](O)[C@@H]2O)cc(OCc2ccccc2)c1OC. The molecule has 3 N–H and O–H groups in total. The summed E-state index contributed by atoms with van der Waals surface area (Å²) in [5.41, 5.74) is 1.04. The third kappa shape index (κ3) is 5.73. The van der Waals surface area contributed by atoms with Gasteiger partial charge in [0.1, 0.15) is 37.6 Å². The lowest BCUT2D eigenvalue weighted by molar-refractivity contribution is -0.294. The average molecular weight is 464 g/mol. The summed E-state index contributed by atoms with van der Waals surface area (Å²) in [5.74, 6) is 0.114. The Morgan fingerprint density at radius 1 is 0.939 bits per heavy atom. The van der Waals surface area contributed by atoms with Crippen LogP contribution in [0, 0.1) is 0 Å². The summed E-state index contributed by atoms with van der Waals surface area (Å²) in [7, 11) is 4.17. The number of benzene rings is 2. The first-order chi connectivity index (χ1) is 15.9. The summed E-state index contributed by atoms with van der Waals surface area (Å²) in [4.78, 5) is 12.7. The van der Waals surface area contributed by atoms with Crippen molar-refractivity contribution in [1.29, 1.82) is 0 Å². The average Bonchev–Trinajstić information content (AvgIpc) is 2.85. The van der Waals surface area contributed by atoms with Crippen molar-refractivity contribution < 1.29 is 48.5 Å². The molecule has 33 heavy (non-hydrogen) atoms. The Balaban J connectivity index is 1.74. The molecule has 1 saturated heterocycles. The van der Waals surface area contributed by atoms with Crippen LogP contribution in [-0.4, -0.2) is 79.9 Å². The molecule has 0 bridgehead atoms. The summed E-state index contributed by atoms with van der Waals surface area (Å²) in [6.45, 7) is -0.155. The van der Waals surface area contributed by atoms with Gasteiger partial charge in [-0.25, -0.2) is 4.79 Å². The summed E-state index contributed by atoms with van der Waals surface area (Å²) in [6, 6.07) is 12.4. The maximum atomic E-state index is 12.7. The highest BCUT2D eigenvalue weighted by Gasteiger charge is 2.44. The highest BCUT2D eigenvalue weighted by molar-refractivity contribution is 5.91. The van der Waals surface area contributed by atoms with Gasteiger partial charge in [-0.15, -0.1) is 0 Å². The van der Waals surface area contributed by atoms with Crippen molar-refractivity contribution in [2.75, 3.05) is 27.9 Å². The second kappa shape index (κ2) is 11.3. The van der Waals surface area contributed by atoms with Crippen LogP contribution in [0.2, 0.25) is 0 Å². The Hall–Kier alpha value is -2.89. The van der Waals surface area contributed by atoms with Crippen LogP contribution in [0.4, 0.5) is 0 Å². The lowest BCUT2D eigenvalue weighted by Crippen LogP contribution is -2.59. The predicted octanol–water partition coefficient (Wildman–Crippen LogP) is 0.894. The molecule has 0 spiro atoms. The van der Waals surface area contributed by atoms with Gasteiger partial charge in [0, 0.05) is 7.11 Å². The molecule has 10 nitrogen and oxygen atoms in total. The molecule has 5 atom stereocenters. The second-order valence-electron chi connectivity index (χ2n) is 7.33. The molecule has 2 aromatic rings. The van der Waals surface area contributed by atoms with Crippen LogP contribution in [0.25, 0.3) is 0 Å². The monoisotopic (exact) mass is 464 g/mol. The van der Waals surface area contributed by atoms with Crippen LogP contribution in [0.3, 0.4) is 0 Å². The molecule has 10 heteroatoms. The van der Waals surface area contributed by atoms with Gasteiger partial charge in [0.2, 0.25) is 5.75 Å². The van der Waals surface area contributed by atoms with Crippen LogP contribution < -0.4 is 14.2 Å². The summed E-state index contributed by atoms with van der Waals surface area (Å²) >= 11 is 0. The van der Waals surface area contributed by atoms with Crippen molar-refractivity contribution in [2.24, 2.45) is 0 Å². The number of aliphatic hydroxyl groups excluding tert-OH is 3. The first-order valence-electron chi connectivity index (χ1n) is 10.2. The maximum absolute atomic E-state index is 12.7. The maximum Gasteiger partial charge on any atom is 0.338 e. The van der Waals surface area contributed by atoms with Crippen LogP contribution in [0.5, 0.6) is 17.2 Å². The summed E-state index contributed by atoms with van der Waals surface area (Å²) < 4.78 is 32.2. The number of esters is 1. The lowest BCUT2D eigenvalue weighted by atomic mass is 9.99. The van der Waals surface area contributed by atoms with E-state index in [0.29, 0.717) is 5.75 Å². The Kier molecular flexibility index (Phi) is 8.48. The largest absolute Gasteiger partial charge is 0.493 e. The quantitative estimate of drug-likeness (QED) is 0.460. The van der Waals surface area contributed by atoms with Gasteiger partial charge in [-0.3, -0.25) is 0 Å². The van der Waals surface area contributed by atoms with E-state index in [9.17, 15) is 20.1 Å². The molecule has 0 amide bonds. The fourth-order valence-corrected chi connectivity index (χ4v) is 3.38. The fourth-order valence-electron chi connectivity index (χ4n) is 3.38. The van der Waals surface area contributed by atoms with Crippen LogP contribution in [-0.2, 0) is 20.8 Å². The number of rotatable bonds is 9. The Bertz CT molecular complexity index is 917. The van der Waals surface area contributed by atoms with E-state index in [1.54, 1.807) is 0 Å². The smallest absolute Gasteiger partial charge is 0.338 e. The minimum Gasteiger partial charge on any atom is -0.493 e. The fraction of sp³-hybridized carbons (Fsp3) is 0.435. The van der Waals surface area contributed by atoms with Gasteiger partial charge in [0.25, 0.3) is 0 Å². The molecule has 2 aromatic carbocycles. The van der Waals surface area contributed by atoms with Crippen molar-refractivity contribution in [2.45, 2.75) is 37.3 Å². The van der Waals surface area contributed by atoms with Gasteiger partial charge < -0.3 is 43.7 Å². The van der Waals surface area contributed by atoms with Gasteiger partial charge in [-0.2, -0.15) is 0 Å². The van der Waals surface area contributed by atoms with E-state index in [-0.39, 0.29) is 23.7 Å². The van der Waals surface area contributed by atoms with E-state index in [4.69, 9.17) is 28.4 Å². The molecular formula is C23H28O10. The number of aliphatic hydroxyl groups is 3. The number of hydrogen-bond donors (Lipinski definition) is 3. The Labute approximate surface area is 191 Å². The van der Waals surface area contributed by atoms with Gasteiger partial charge in [0.05, 0.1) is 19.8 Å². The topological polar surface area (TPSA) is 133 Å².